The minimum atomic E-state index is -3.48. The third kappa shape index (κ3) is 4.27. The molecule has 5 nitrogen and oxygen atoms in total. The van der Waals surface area contributed by atoms with Crippen LogP contribution >= 0.6 is 11.3 Å². The summed E-state index contributed by atoms with van der Waals surface area (Å²) in [5, 5.41) is 1.60. The predicted molar refractivity (Wildman–Crippen MR) is 69.6 cm³/mol. The Bertz CT molecular complexity index is 466. The van der Waals surface area contributed by atoms with Crippen LogP contribution in [0.25, 0.3) is 0 Å². The molecule has 1 heterocycles. The number of nitrogens with one attached hydrogen (secondary N) is 1. The molecule has 98 valence electrons. The van der Waals surface area contributed by atoms with Crippen molar-refractivity contribution in [2.24, 2.45) is 0 Å². The summed E-state index contributed by atoms with van der Waals surface area (Å²) in [6.45, 7) is 6.31. The van der Waals surface area contributed by atoms with Crippen molar-refractivity contribution in [1.82, 2.24) is 4.72 Å². The van der Waals surface area contributed by atoms with Gasteiger partial charge in [-0.1, -0.05) is 0 Å². The lowest BCUT2D eigenvalue weighted by Gasteiger charge is -2.24. The largest absolute Gasteiger partial charge is 0.398 e. The first-order valence-electron chi connectivity index (χ1n) is 5.24. The summed E-state index contributed by atoms with van der Waals surface area (Å²) >= 11 is 1.10. The average Bonchev–Trinajstić information content (AvgIpc) is 2.63. The van der Waals surface area contributed by atoms with Crippen molar-refractivity contribution in [3.05, 3.63) is 11.4 Å². The fourth-order valence-corrected chi connectivity index (χ4v) is 3.58. The van der Waals surface area contributed by atoms with Crippen LogP contribution in [0, 0.1) is 0 Å². The molecule has 0 atom stereocenters. The number of sulfonamides is 1. The Morgan fingerprint density at radius 1 is 1.53 bits per heavy atom. The molecule has 17 heavy (non-hydrogen) atoms. The maximum Gasteiger partial charge on any atom is 0.250 e. The van der Waals surface area contributed by atoms with Crippen molar-refractivity contribution in [3.63, 3.8) is 0 Å². The van der Waals surface area contributed by atoms with Gasteiger partial charge in [0, 0.05) is 24.2 Å². The van der Waals surface area contributed by atoms with Gasteiger partial charge in [-0.15, -0.1) is 11.3 Å². The number of nitrogen functional groups attached to an aromatic ring is 1. The SMILES string of the molecule is CCOC(C)(C)CNS(=O)(=O)c1cc(N)cs1. The average molecular weight is 278 g/mol. The van der Waals surface area contributed by atoms with E-state index in [1.54, 1.807) is 5.38 Å². The van der Waals surface area contributed by atoms with Gasteiger partial charge < -0.3 is 10.5 Å². The molecule has 0 fully saturated rings. The molecule has 1 rings (SSSR count). The Morgan fingerprint density at radius 3 is 2.65 bits per heavy atom. The van der Waals surface area contributed by atoms with Crippen LogP contribution in [-0.4, -0.2) is 27.2 Å². The van der Waals surface area contributed by atoms with Gasteiger partial charge >= 0.3 is 0 Å². The standard InChI is InChI=1S/C10H18N2O3S2/c1-4-15-10(2,3)7-12-17(13,14)9-5-8(11)6-16-9/h5-6,12H,4,7,11H2,1-3H3. The monoisotopic (exact) mass is 278 g/mol. The van der Waals surface area contributed by atoms with E-state index in [2.05, 4.69) is 4.72 Å². The van der Waals surface area contributed by atoms with Crippen molar-refractivity contribution in [2.45, 2.75) is 30.6 Å². The third-order valence-corrected chi connectivity index (χ3v) is 4.94. The maximum absolute atomic E-state index is 11.9. The molecule has 0 radical (unpaired) electrons. The lowest BCUT2D eigenvalue weighted by molar-refractivity contribution is -0.00514. The van der Waals surface area contributed by atoms with Gasteiger partial charge in [0.05, 0.1) is 5.60 Å². The number of nitrogens with two attached hydrogens (primary N) is 1. The number of hydrogen-bond acceptors (Lipinski definition) is 5. The highest BCUT2D eigenvalue weighted by atomic mass is 32.2. The van der Waals surface area contributed by atoms with E-state index in [4.69, 9.17) is 10.5 Å². The van der Waals surface area contributed by atoms with E-state index in [1.165, 1.54) is 6.07 Å². The van der Waals surface area contributed by atoms with Crippen LogP contribution in [0.15, 0.2) is 15.7 Å². The zero-order valence-corrected chi connectivity index (χ0v) is 11.8. The second-order valence-corrected chi connectivity index (χ2v) is 7.12. The van der Waals surface area contributed by atoms with Gasteiger partial charge in [-0.05, 0) is 26.8 Å². The lowest BCUT2D eigenvalue weighted by atomic mass is 10.1. The molecular formula is C10H18N2O3S2. The van der Waals surface area contributed by atoms with Crippen molar-refractivity contribution >= 4 is 27.0 Å². The third-order valence-electron chi connectivity index (χ3n) is 2.08. The summed E-state index contributed by atoms with van der Waals surface area (Å²) in [6, 6.07) is 1.45. The molecule has 0 aliphatic carbocycles. The van der Waals surface area contributed by atoms with Gasteiger partial charge in [0.1, 0.15) is 4.21 Å². The van der Waals surface area contributed by atoms with E-state index in [1.807, 2.05) is 20.8 Å². The van der Waals surface area contributed by atoms with Crippen LogP contribution in [0.3, 0.4) is 0 Å². The van der Waals surface area contributed by atoms with E-state index in [9.17, 15) is 8.42 Å². The van der Waals surface area contributed by atoms with Gasteiger partial charge in [-0.2, -0.15) is 0 Å². The second kappa shape index (κ2) is 5.34. The summed E-state index contributed by atoms with van der Waals surface area (Å²) in [6.07, 6.45) is 0. The molecular weight excluding hydrogens is 260 g/mol. The summed E-state index contributed by atoms with van der Waals surface area (Å²) in [5.74, 6) is 0. The van der Waals surface area contributed by atoms with Crippen molar-refractivity contribution in [1.29, 1.82) is 0 Å². The Labute approximate surface area is 106 Å². The summed E-state index contributed by atoms with van der Waals surface area (Å²) in [7, 11) is -3.48. The smallest absolute Gasteiger partial charge is 0.250 e. The number of ether oxygens (including phenoxy) is 1. The number of anilines is 1. The van der Waals surface area contributed by atoms with Crippen molar-refractivity contribution in [2.75, 3.05) is 18.9 Å². The second-order valence-electron chi connectivity index (χ2n) is 4.22. The Kier molecular flexibility index (Phi) is 4.54. The molecule has 0 amide bonds. The fraction of sp³-hybridized carbons (Fsp3) is 0.600. The molecule has 0 unspecified atom stereocenters. The van der Waals surface area contributed by atoms with Gasteiger partial charge in [0.2, 0.25) is 10.0 Å². The van der Waals surface area contributed by atoms with Crippen LogP contribution in [0.2, 0.25) is 0 Å². The molecule has 0 aliphatic heterocycles. The summed E-state index contributed by atoms with van der Waals surface area (Å²) in [5.41, 5.74) is 5.43. The normalized spacial score (nSPS) is 12.9. The molecule has 0 saturated carbocycles. The molecule has 0 saturated heterocycles. The molecule has 0 aliphatic rings. The van der Waals surface area contributed by atoms with Crippen molar-refractivity contribution in [3.8, 4) is 0 Å². The van der Waals surface area contributed by atoms with E-state index in [-0.39, 0.29) is 10.8 Å². The molecule has 1 aromatic heterocycles. The van der Waals surface area contributed by atoms with Crippen LogP contribution in [0.4, 0.5) is 5.69 Å². The molecule has 1 aromatic rings. The fourth-order valence-electron chi connectivity index (χ4n) is 1.25. The Morgan fingerprint density at radius 2 is 2.18 bits per heavy atom. The highest BCUT2D eigenvalue weighted by Gasteiger charge is 2.23. The van der Waals surface area contributed by atoms with Gasteiger partial charge in [-0.3, -0.25) is 0 Å². The van der Waals surface area contributed by atoms with Crippen LogP contribution < -0.4 is 10.5 Å². The number of thiophene rings is 1. The quantitative estimate of drug-likeness (QED) is 0.824. The van der Waals surface area contributed by atoms with E-state index < -0.39 is 15.6 Å². The summed E-state index contributed by atoms with van der Waals surface area (Å²) < 4.78 is 31.9. The van der Waals surface area contributed by atoms with Gasteiger partial charge in [-0.25, -0.2) is 13.1 Å². The van der Waals surface area contributed by atoms with E-state index >= 15 is 0 Å². The maximum atomic E-state index is 11.9. The molecule has 0 aromatic carbocycles. The van der Waals surface area contributed by atoms with Crippen LogP contribution in [0.1, 0.15) is 20.8 Å². The molecule has 0 bridgehead atoms. The minimum absolute atomic E-state index is 0.223. The van der Waals surface area contributed by atoms with Gasteiger partial charge in [0.25, 0.3) is 0 Å². The Balaban J connectivity index is 2.69. The molecule has 7 heteroatoms. The highest BCUT2D eigenvalue weighted by Crippen LogP contribution is 2.21. The zero-order valence-electron chi connectivity index (χ0n) is 10.2. The van der Waals surface area contributed by atoms with E-state index in [0.717, 1.165) is 11.3 Å². The zero-order chi connectivity index (χ0) is 13.1. The summed E-state index contributed by atoms with van der Waals surface area (Å²) in [4.78, 5) is 0. The van der Waals surface area contributed by atoms with Crippen LogP contribution in [0.5, 0.6) is 0 Å². The first-order chi connectivity index (χ1) is 7.77. The first-order valence-corrected chi connectivity index (χ1v) is 7.61. The lowest BCUT2D eigenvalue weighted by Crippen LogP contribution is -2.40. The van der Waals surface area contributed by atoms with Crippen LogP contribution in [-0.2, 0) is 14.8 Å². The van der Waals surface area contributed by atoms with Crippen molar-refractivity contribution < 1.29 is 13.2 Å². The highest BCUT2D eigenvalue weighted by molar-refractivity contribution is 7.91. The minimum Gasteiger partial charge on any atom is -0.398 e. The Hall–Kier alpha value is -0.630. The first kappa shape index (κ1) is 14.4. The molecule has 3 N–H and O–H groups in total. The molecule has 0 spiro atoms. The predicted octanol–water partition coefficient (Wildman–Crippen LogP) is 1.42. The number of hydrogen-bond donors (Lipinski definition) is 2. The van der Waals surface area contributed by atoms with E-state index in [0.29, 0.717) is 12.3 Å². The van der Waals surface area contributed by atoms with Gasteiger partial charge in [0.15, 0.2) is 0 Å². The topological polar surface area (TPSA) is 81.4 Å². The number of rotatable bonds is 6.